The zero-order chi connectivity index (χ0) is 10.8. The van der Waals surface area contributed by atoms with Gasteiger partial charge < -0.3 is 4.74 Å². The van der Waals surface area contributed by atoms with E-state index in [1.165, 1.54) is 0 Å². The second-order valence-electron chi connectivity index (χ2n) is 3.72. The van der Waals surface area contributed by atoms with Crippen molar-refractivity contribution in [2.24, 2.45) is 0 Å². The van der Waals surface area contributed by atoms with E-state index in [9.17, 15) is 0 Å². The Morgan fingerprint density at radius 3 is 2.80 bits per heavy atom. The number of likely N-dealkylation sites (N-methyl/N-ethyl adjacent to an activating group) is 1. The highest BCUT2D eigenvalue weighted by Crippen LogP contribution is 2.27. The van der Waals surface area contributed by atoms with E-state index in [0.717, 1.165) is 13.1 Å². The number of hydrogen-bond acceptors (Lipinski definition) is 3. The molecule has 0 bridgehead atoms. The molecule has 3 nitrogen and oxygen atoms in total. The molecule has 1 aromatic rings. The van der Waals surface area contributed by atoms with Gasteiger partial charge in [0.15, 0.2) is 0 Å². The molecule has 0 saturated carbocycles. The molecule has 2 rings (SSSR count). The van der Waals surface area contributed by atoms with Gasteiger partial charge in [0.1, 0.15) is 11.9 Å². The predicted molar refractivity (Wildman–Crippen MR) is 58.1 cm³/mol. The first-order valence-electron chi connectivity index (χ1n) is 4.74. The fourth-order valence-electron chi connectivity index (χ4n) is 1.56. The third-order valence-electron chi connectivity index (χ3n) is 2.39. The molecule has 4 heteroatoms. The van der Waals surface area contributed by atoms with Crippen molar-refractivity contribution in [3.63, 3.8) is 0 Å². The lowest BCUT2D eigenvalue weighted by Gasteiger charge is -2.36. The van der Waals surface area contributed by atoms with Crippen LogP contribution in [0.2, 0.25) is 5.02 Å². The first kappa shape index (κ1) is 10.3. The molecule has 1 saturated heterocycles. The highest BCUT2D eigenvalue weighted by Gasteiger charge is 2.25. The summed E-state index contributed by atoms with van der Waals surface area (Å²) in [6.07, 6.45) is 0.223. The molecule has 0 atom stereocenters. The summed E-state index contributed by atoms with van der Waals surface area (Å²) >= 11 is 5.98. The molecule has 0 unspecified atom stereocenters. The van der Waals surface area contributed by atoms with Crippen LogP contribution in [-0.4, -0.2) is 31.1 Å². The number of nitrogens with zero attached hydrogens (tertiary/aromatic N) is 2. The number of likely N-dealkylation sites (tertiary alicyclic amines) is 1. The largest absolute Gasteiger partial charge is 0.486 e. The number of nitriles is 1. The van der Waals surface area contributed by atoms with Crippen LogP contribution in [0.1, 0.15) is 5.56 Å². The minimum Gasteiger partial charge on any atom is -0.486 e. The Kier molecular flexibility index (Phi) is 2.81. The monoisotopic (exact) mass is 222 g/mol. The minimum atomic E-state index is 0.223. The van der Waals surface area contributed by atoms with Gasteiger partial charge in [-0.25, -0.2) is 0 Å². The maximum atomic E-state index is 8.67. The predicted octanol–water partition coefficient (Wildman–Crippen LogP) is 1.90. The van der Waals surface area contributed by atoms with Crippen LogP contribution in [0, 0.1) is 11.3 Å². The van der Waals surface area contributed by atoms with E-state index >= 15 is 0 Å². The van der Waals surface area contributed by atoms with Crippen molar-refractivity contribution in [3.8, 4) is 11.8 Å². The quantitative estimate of drug-likeness (QED) is 0.767. The van der Waals surface area contributed by atoms with E-state index in [1.54, 1.807) is 18.2 Å². The number of halogens is 1. The Hall–Kier alpha value is -1.24. The maximum Gasteiger partial charge on any atom is 0.138 e. The summed E-state index contributed by atoms with van der Waals surface area (Å²) in [7, 11) is 2.04. The number of hydrogen-bond donors (Lipinski definition) is 0. The molecule has 0 N–H and O–H groups in total. The summed E-state index contributed by atoms with van der Waals surface area (Å²) in [5, 5.41) is 9.17. The van der Waals surface area contributed by atoms with Crippen molar-refractivity contribution < 1.29 is 4.74 Å². The normalized spacial score (nSPS) is 16.9. The van der Waals surface area contributed by atoms with E-state index in [2.05, 4.69) is 4.90 Å². The summed E-state index contributed by atoms with van der Waals surface area (Å²) in [6, 6.07) is 7.12. The van der Waals surface area contributed by atoms with E-state index in [0.29, 0.717) is 16.3 Å². The third-order valence-corrected chi connectivity index (χ3v) is 2.68. The van der Waals surface area contributed by atoms with Crippen molar-refractivity contribution in [1.29, 1.82) is 5.26 Å². The molecule has 0 amide bonds. The zero-order valence-electron chi connectivity index (χ0n) is 8.40. The van der Waals surface area contributed by atoms with Gasteiger partial charge >= 0.3 is 0 Å². The molecule has 0 spiro atoms. The Balaban J connectivity index is 2.06. The van der Waals surface area contributed by atoms with E-state index < -0.39 is 0 Å². The molecular formula is C11H11ClN2O. The molecule has 15 heavy (non-hydrogen) atoms. The van der Waals surface area contributed by atoms with Gasteiger partial charge in [-0.3, -0.25) is 4.90 Å². The molecule has 0 aromatic heterocycles. The summed E-state index contributed by atoms with van der Waals surface area (Å²) in [5.74, 6) is 0.661. The van der Waals surface area contributed by atoms with E-state index in [4.69, 9.17) is 21.6 Å². The van der Waals surface area contributed by atoms with Gasteiger partial charge in [-0.1, -0.05) is 11.6 Å². The van der Waals surface area contributed by atoms with Gasteiger partial charge in [0.05, 0.1) is 16.7 Å². The average molecular weight is 223 g/mol. The summed E-state index contributed by atoms with van der Waals surface area (Å²) in [5.41, 5.74) is 0.554. The van der Waals surface area contributed by atoms with Gasteiger partial charge in [-0.2, -0.15) is 5.26 Å². The van der Waals surface area contributed by atoms with Crippen LogP contribution in [0.4, 0.5) is 0 Å². The molecule has 78 valence electrons. The van der Waals surface area contributed by atoms with Gasteiger partial charge in [-0.05, 0) is 25.2 Å². The highest BCUT2D eigenvalue weighted by atomic mass is 35.5. The Morgan fingerprint density at radius 2 is 2.27 bits per heavy atom. The maximum absolute atomic E-state index is 8.67. The fraction of sp³-hybridized carbons (Fsp3) is 0.364. The van der Waals surface area contributed by atoms with Crippen molar-refractivity contribution in [3.05, 3.63) is 28.8 Å². The summed E-state index contributed by atoms with van der Waals surface area (Å²) < 4.78 is 5.67. The highest BCUT2D eigenvalue weighted by molar-refractivity contribution is 6.32. The van der Waals surface area contributed by atoms with Crippen molar-refractivity contribution in [1.82, 2.24) is 4.90 Å². The van der Waals surface area contributed by atoms with Crippen molar-refractivity contribution in [2.75, 3.05) is 20.1 Å². The van der Waals surface area contributed by atoms with Crippen LogP contribution in [0.15, 0.2) is 18.2 Å². The third kappa shape index (κ3) is 2.23. The van der Waals surface area contributed by atoms with Crippen molar-refractivity contribution >= 4 is 11.6 Å². The number of rotatable bonds is 2. The minimum absolute atomic E-state index is 0.223. The fourth-order valence-corrected chi connectivity index (χ4v) is 1.79. The van der Waals surface area contributed by atoms with Crippen LogP contribution in [-0.2, 0) is 0 Å². The van der Waals surface area contributed by atoms with Gasteiger partial charge in [0.25, 0.3) is 0 Å². The summed E-state index contributed by atoms with van der Waals surface area (Å²) in [4.78, 5) is 2.17. The van der Waals surface area contributed by atoms with E-state index in [1.807, 2.05) is 13.1 Å². The topological polar surface area (TPSA) is 36.3 Å². The SMILES string of the molecule is CN1CC(Oc2ccc(C#N)cc2Cl)C1. The molecule has 1 aliphatic rings. The molecule has 1 fully saturated rings. The van der Waals surface area contributed by atoms with Gasteiger partial charge in [0, 0.05) is 13.1 Å². The molecule has 1 heterocycles. The Labute approximate surface area is 93.8 Å². The zero-order valence-corrected chi connectivity index (χ0v) is 9.16. The Morgan fingerprint density at radius 1 is 1.53 bits per heavy atom. The Bertz CT molecular complexity index is 408. The van der Waals surface area contributed by atoms with Gasteiger partial charge in [0.2, 0.25) is 0 Å². The van der Waals surface area contributed by atoms with Crippen LogP contribution in [0.25, 0.3) is 0 Å². The molecule has 1 aliphatic heterocycles. The van der Waals surface area contributed by atoms with Gasteiger partial charge in [-0.15, -0.1) is 0 Å². The second-order valence-corrected chi connectivity index (χ2v) is 4.13. The van der Waals surface area contributed by atoms with E-state index in [-0.39, 0.29) is 6.10 Å². The van der Waals surface area contributed by atoms with Crippen LogP contribution < -0.4 is 4.74 Å². The molecule has 0 radical (unpaired) electrons. The molecule has 1 aromatic carbocycles. The van der Waals surface area contributed by atoms with Crippen LogP contribution in [0.3, 0.4) is 0 Å². The number of benzene rings is 1. The lowest BCUT2D eigenvalue weighted by molar-refractivity contribution is 0.0389. The number of ether oxygens (including phenoxy) is 1. The smallest absolute Gasteiger partial charge is 0.138 e. The lowest BCUT2D eigenvalue weighted by Crippen LogP contribution is -2.51. The average Bonchev–Trinajstić information content (AvgIpc) is 2.18. The first-order chi connectivity index (χ1) is 7.19. The van der Waals surface area contributed by atoms with Crippen LogP contribution in [0.5, 0.6) is 5.75 Å². The standard InChI is InChI=1S/C11H11ClN2O/c1-14-6-9(7-14)15-11-3-2-8(5-13)4-10(11)12/h2-4,9H,6-7H2,1H3. The molecular weight excluding hydrogens is 212 g/mol. The lowest BCUT2D eigenvalue weighted by atomic mass is 10.2. The van der Waals surface area contributed by atoms with Crippen LogP contribution >= 0.6 is 11.6 Å². The molecule has 0 aliphatic carbocycles. The van der Waals surface area contributed by atoms with Crippen molar-refractivity contribution in [2.45, 2.75) is 6.10 Å². The first-order valence-corrected chi connectivity index (χ1v) is 5.11. The summed E-state index contributed by atoms with van der Waals surface area (Å²) in [6.45, 7) is 1.85. The second kappa shape index (κ2) is 4.09.